The summed E-state index contributed by atoms with van der Waals surface area (Å²) in [5, 5.41) is 5.98. The van der Waals surface area contributed by atoms with Crippen molar-refractivity contribution in [2.24, 2.45) is 0 Å². The number of methoxy groups -OCH3 is 1. The minimum Gasteiger partial charge on any atom is -0.377 e. The summed E-state index contributed by atoms with van der Waals surface area (Å²) in [6.07, 6.45) is 0.554. The summed E-state index contributed by atoms with van der Waals surface area (Å²) in [6.45, 7) is 6.65. The van der Waals surface area contributed by atoms with Crippen molar-refractivity contribution in [1.82, 2.24) is 4.98 Å². The van der Waals surface area contributed by atoms with Crippen molar-refractivity contribution >= 4 is 40.3 Å². The van der Waals surface area contributed by atoms with Crippen molar-refractivity contribution < 1.29 is 18.7 Å². The molecule has 2 N–H and O–H groups in total. The standard InChI is InChI=1S/C31H31FN4O3S/c1-19-9-7-11-22(32)27(19)35-29(37)25-17-20-15-16-36(24-13-6-5-10-21(24)28(20)40-25)30(38)23-12-8-14-26(34-23)33-18-31(2,3)39-4/h5-14,17H,15-16,18H2,1-4H3,(H,33,34)(H,35,37). The minimum atomic E-state index is -0.471. The van der Waals surface area contributed by atoms with E-state index in [2.05, 4.69) is 15.6 Å². The van der Waals surface area contributed by atoms with Gasteiger partial charge >= 0.3 is 0 Å². The zero-order valence-electron chi connectivity index (χ0n) is 22.9. The number of amides is 2. The molecular formula is C31H31FN4O3S. The lowest BCUT2D eigenvalue weighted by molar-refractivity contribution is 0.0343. The number of carbonyl (C=O) groups excluding carboxylic acids is 2. The minimum absolute atomic E-state index is 0.184. The Morgan fingerprint density at radius 3 is 2.65 bits per heavy atom. The number of fused-ring (bicyclic) bond motifs is 3. The fourth-order valence-corrected chi connectivity index (χ4v) is 5.69. The largest absolute Gasteiger partial charge is 0.377 e. The highest BCUT2D eigenvalue weighted by Gasteiger charge is 2.28. The van der Waals surface area contributed by atoms with Gasteiger partial charge in [0.1, 0.15) is 17.3 Å². The molecule has 1 aliphatic heterocycles. The number of aromatic nitrogens is 1. The summed E-state index contributed by atoms with van der Waals surface area (Å²) < 4.78 is 19.8. The number of nitrogens with zero attached hydrogens (tertiary/aromatic N) is 2. The molecule has 0 unspecified atom stereocenters. The second-order valence-corrected chi connectivity index (χ2v) is 11.4. The third-order valence-electron chi connectivity index (χ3n) is 7.00. The summed E-state index contributed by atoms with van der Waals surface area (Å²) in [7, 11) is 1.66. The molecular weight excluding hydrogens is 527 g/mol. The number of hydrogen-bond acceptors (Lipinski definition) is 6. The maximum absolute atomic E-state index is 14.3. The Kier molecular flexibility index (Phi) is 7.69. The van der Waals surface area contributed by atoms with Crippen LogP contribution in [0.2, 0.25) is 0 Å². The SMILES string of the molecule is COC(C)(C)CNc1cccc(C(=O)N2CCc3cc(C(=O)Nc4c(C)cccc4F)sc3-c3ccccc32)n1. The molecule has 9 heteroatoms. The first-order chi connectivity index (χ1) is 19.2. The van der Waals surface area contributed by atoms with Crippen LogP contribution in [-0.2, 0) is 11.2 Å². The molecule has 0 spiro atoms. The van der Waals surface area contributed by atoms with E-state index in [9.17, 15) is 14.0 Å². The maximum Gasteiger partial charge on any atom is 0.276 e. The smallest absolute Gasteiger partial charge is 0.276 e. The Bertz CT molecular complexity index is 1560. The fourth-order valence-electron chi connectivity index (χ4n) is 4.55. The molecule has 2 amide bonds. The summed E-state index contributed by atoms with van der Waals surface area (Å²) in [5.74, 6) is -0.438. The van der Waals surface area contributed by atoms with Gasteiger partial charge in [-0.05, 0) is 68.7 Å². The van der Waals surface area contributed by atoms with Gasteiger partial charge in [-0.25, -0.2) is 9.37 Å². The number of carbonyl (C=O) groups is 2. The number of anilines is 3. The summed E-state index contributed by atoms with van der Waals surface area (Å²) in [6, 6.07) is 19.6. The van der Waals surface area contributed by atoms with Gasteiger partial charge in [0.15, 0.2) is 0 Å². The molecule has 4 aromatic rings. The van der Waals surface area contributed by atoms with E-state index in [4.69, 9.17) is 4.74 Å². The van der Waals surface area contributed by atoms with Gasteiger partial charge in [0, 0.05) is 30.6 Å². The fraction of sp³-hybridized carbons (Fsp3) is 0.258. The first-order valence-electron chi connectivity index (χ1n) is 13.0. The molecule has 7 nitrogen and oxygen atoms in total. The summed E-state index contributed by atoms with van der Waals surface area (Å²) in [5.41, 5.74) is 3.38. The zero-order valence-corrected chi connectivity index (χ0v) is 23.7. The number of halogens is 1. The average molecular weight is 559 g/mol. The Morgan fingerprint density at radius 2 is 1.88 bits per heavy atom. The van der Waals surface area contributed by atoms with Crippen LogP contribution in [-0.4, -0.2) is 42.6 Å². The van der Waals surface area contributed by atoms with Crippen molar-refractivity contribution in [3.05, 3.63) is 94.2 Å². The number of pyridine rings is 1. The Morgan fingerprint density at radius 1 is 1.10 bits per heavy atom. The van der Waals surface area contributed by atoms with Crippen LogP contribution >= 0.6 is 11.3 Å². The van der Waals surface area contributed by atoms with Gasteiger partial charge in [0.25, 0.3) is 11.8 Å². The highest BCUT2D eigenvalue weighted by Crippen LogP contribution is 2.42. The van der Waals surface area contributed by atoms with Crippen LogP contribution in [0.4, 0.5) is 21.6 Å². The lowest BCUT2D eigenvalue weighted by atomic mass is 10.1. The molecule has 40 heavy (non-hydrogen) atoms. The summed E-state index contributed by atoms with van der Waals surface area (Å²) in [4.78, 5) is 34.6. The molecule has 0 atom stereocenters. The highest BCUT2D eigenvalue weighted by atomic mass is 32.1. The lowest BCUT2D eigenvalue weighted by Crippen LogP contribution is -2.34. The van der Waals surface area contributed by atoms with E-state index in [0.29, 0.717) is 41.5 Å². The number of rotatable bonds is 7. The second kappa shape index (κ2) is 11.2. The van der Waals surface area contributed by atoms with Crippen LogP contribution in [0.5, 0.6) is 0 Å². The molecule has 0 radical (unpaired) electrons. The zero-order chi connectivity index (χ0) is 28.4. The van der Waals surface area contributed by atoms with Crippen molar-refractivity contribution in [1.29, 1.82) is 0 Å². The Hall–Kier alpha value is -4.08. The van der Waals surface area contributed by atoms with E-state index in [1.165, 1.54) is 17.4 Å². The molecule has 0 saturated heterocycles. The normalized spacial score (nSPS) is 12.8. The summed E-state index contributed by atoms with van der Waals surface area (Å²) >= 11 is 1.34. The number of para-hydroxylation sites is 2. The predicted octanol–water partition coefficient (Wildman–Crippen LogP) is 6.55. The lowest BCUT2D eigenvalue weighted by Gasteiger charge is -2.24. The molecule has 0 saturated carbocycles. The predicted molar refractivity (Wildman–Crippen MR) is 158 cm³/mol. The number of thiophene rings is 1. The number of aryl methyl sites for hydroxylation is 1. The van der Waals surface area contributed by atoms with Crippen LogP contribution in [0.25, 0.3) is 10.4 Å². The van der Waals surface area contributed by atoms with Crippen LogP contribution < -0.4 is 15.5 Å². The van der Waals surface area contributed by atoms with E-state index in [1.54, 1.807) is 37.1 Å². The Labute approximate surface area is 237 Å². The van der Waals surface area contributed by atoms with Crippen LogP contribution in [0.3, 0.4) is 0 Å². The van der Waals surface area contributed by atoms with Gasteiger partial charge in [-0.15, -0.1) is 11.3 Å². The van der Waals surface area contributed by atoms with Crippen LogP contribution in [0.15, 0.2) is 66.7 Å². The van der Waals surface area contributed by atoms with Crippen molar-refractivity contribution in [3.8, 4) is 10.4 Å². The van der Waals surface area contributed by atoms with Crippen molar-refractivity contribution in [2.45, 2.75) is 32.8 Å². The van der Waals surface area contributed by atoms with E-state index >= 15 is 0 Å². The third kappa shape index (κ3) is 5.61. The quantitative estimate of drug-likeness (QED) is 0.269. The number of hydrogen-bond donors (Lipinski definition) is 2. The van der Waals surface area contributed by atoms with E-state index in [-0.39, 0.29) is 23.1 Å². The average Bonchev–Trinajstić information content (AvgIpc) is 3.32. The first kappa shape index (κ1) is 27.5. The number of benzene rings is 2. The first-order valence-corrected chi connectivity index (χ1v) is 13.8. The third-order valence-corrected chi connectivity index (χ3v) is 8.21. The highest BCUT2D eigenvalue weighted by molar-refractivity contribution is 7.17. The maximum atomic E-state index is 14.3. The van der Waals surface area contributed by atoms with Gasteiger partial charge < -0.3 is 20.3 Å². The topological polar surface area (TPSA) is 83.6 Å². The molecule has 3 heterocycles. The molecule has 2 aromatic carbocycles. The monoisotopic (exact) mass is 558 g/mol. The van der Waals surface area contributed by atoms with E-state index < -0.39 is 5.82 Å². The van der Waals surface area contributed by atoms with Gasteiger partial charge in [0.05, 0.1) is 21.9 Å². The van der Waals surface area contributed by atoms with Gasteiger partial charge in [-0.1, -0.05) is 36.4 Å². The molecule has 1 aliphatic rings. The van der Waals surface area contributed by atoms with Gasteiger partial charge in [0.2, 0.25) is 0 Å². The molecule has 206 valence electrons. The van der Waals surface area contributed by atoms with Crippen LogP contribution in [0, 0.1) is 12.7 Å². The van der Waals surface area contributed by atoms with E-state index in [1.807, 2.05) is 56.3 Å². The molecule has 0 fully saturated rings. The molecule has 5 rings (SSSR count). The van der Waals surface area contributed by atoms with Crippen LogP contribution in [0.1, 0.15) is 45.1 Å². The van der Waals surface area contributed by atoms with E-state index in [0.717, 1.165) is 21.7 Å². The van der Waals surface area contributed by atoms with Gasteiger partial charge in [-0.2, -0.15) is 0 Å². The Balaban J connectivity index is 1.41. The van der Waals surface area contributed by atoms with Crippen molar-refractivity contribution in [2.75, 3.05) is 35.7 Å². The van der Waals surface area contributed by atoms with Gasteiger partial charge in [-0.3, -0.25) is 9.59 Å². The number of nitrogens with one attached hydrogen (secondary N) is 2. The second-order valence-electron chi connectivity index (χ2n) is 10.3. The number of ether oxygens (including phenoxy) is 1. The molecule has 0 aliphatic carbocycles. The molecule has 2 aromatic heterocycles. The van der Waals surface area contributed by atoms with Crippen molar-refractivity contribution in [3.63, 3.8) is 0 Å². The molecule has 0 bridgehead atoms.